The van der Waals surface area contributed by atoms with Crippen molar-refractivity contribution in [2.45, 2.75) is 25.3 Å². The molecular formula is C13H15BrN2O2. The molecule has 1 aromatic rings. The van der Waals surface area contributed by atoms with Crippen LogP contribution in [0.15, 0.2) is 24.3 Å². The minimum Gasteiger partial charge on any atom is -0.349 e. The molecule has 1 saturated carbocycles. The van der Waals surface area contributed by atoms with Gasteiger partial charge in [-0.15, -0.1) is 0 Å². The zero-order valence-electron chi connectivity index (χ0n) is 9.91. The van der Waals surface area contributed by atoms with Crippen LogP contribution in [0.4, 0.5) is 5.69 Å². The van der Waals surface area contributed by atoms with Crippen molar-refractivity contribution in [3.63, 3.8) is 0 Å². The lowest BCUT2D eigenvalue weighted by molar-refractivity contribution is -0.115. The third-order valence-corrected chi connectivity index (χ3v) is 3.04. The lowest BCUT2D eigenvalue weighted by atomic mass is 10.2. The van der Waals surface area contributed by atoms with Crippen LogP contribution in [0, 0.1) is 0 Å². The fourth-order valence-corrected chi connectivity index (χ4v) is 1.90. The first-order chi connectivity index (χ1) is 8.69. The van der Waals surface area contributed by atoms with E-state index in [0.717, 1.165) is 12.8 Å². The molecule has 18 heavy (non-hydrogen) atoms. The smallest absolute Gasteiger partial charge is 0.251 e. The second-order valence-corrected chi connectivity index (χ2v) is 5.11. The topological polar surface area (TPSA) is 58.2 Å². The zero-order valence-corrected chi connectivity index (χ0v) is 11.5. The van der Waals surface area contributed by atoms with E-state index in [1.807, 2.05) is 0 Å². The average Bonchev–Trinajstić information content (AvgIpc) is 3.13. The molecule has 5 heteroatoms. The van der Waals surface area contributed by atoms with Crippen molar-refractivity contribution in [2.24, 2.45) is 0 Å². The van der Waals surface area contributed by atoms with Crippen LogP contribution in [0.3, 0.4) is 0 Å². The first-order valence-corrected chi connectivity index (χ1v) is 7.08. The van der Waals surface area contributed by atoms with Crippen molar-refractivity contribution in [3.8, 4) is 0 Å². The fraction of sp³-hybridized carbons (Fsp3) is 0.385. The highest BCUT2D eigenvalue weighted by atomic mass is 79.9. The number of carbonyl (C=O) groups is 2. The van der Waals surface area contributed by atoms with Crippen LogP contribution in [0.1, 0.15) is 29.6 Å². The molecule has 2 amide bonds. The summed E-state index contributed by atoms with van der Waals surface area (Å²) >= 11 is 3.21. The summed E-state index contributed by atoms with van der Waals surface area (Å²) in [5.74, 6) is -0.138. The Labute approximate surface area is 114 Å². The van der Waals surface area contributed by atoms with Crippen molar-refractivity contribution in [1.82, 2.24) is 5.32 Å². The highest BCUT2D eigenvalue weighted by Gasteiger charge is 2.23. The second-order valence-electron chi connectivity index (χ2n) is 4.32. The van der Waals surface area contributed by atoms with Crippen molar-refractivity contribution in [1.29, 1.82) is 0 Å². The maximum Gasteiger partial charge on any atom is 0.251 e. The Morgan fingerprint density at radius 1 is 1.33 bits per heavy atom. The van der Waals surface area contributed by atoms with Gasteiger partial charge in [0.2, 0.25) is 5.91 Å². The molecule has 0 heterocycles. The highest BCUT2D eigenvalue weighted by molar-refractivity contribution is 9.09. The molecule has 1 fully saturated rings. The van der Waals surface area contributed by atoms with E-state index in [2.05, 4.69) is 26.6 Å². The van der Waals surface area contributed by atoms with Crippen molar-refractivity contribution >= 4 is 33.4 Å². The Balaban J connectivity index is 1.99. The lowest BCUT2D eigenvalue weighted by Crippen LogP contribution is -2.25. The number of rotatable bonds is 5. The minimum atomic E-state index is -0.0749. The summed E-state index contributed by atoms with van der Waals surface area (Å²) < 4.78 is 0. The van der Waals surface area contributed by atoms with E-state index in [4.69, 9.17) is 0 Å². The summed E-state index contributed by atoms with van der Waals surface area (Å²) in [6.07, 6.45) is 2.54. The molecule has 0 bridgehead atoms. The predicted octanol–water partition coefficient (Wildman–Crippen LogP) is 2.30. The van der Waals surface area contributed by atoms with Gasteiger partial charge < -0.3 is 10.6 Å². The number of hydrogen-bond acceptors (Lipinski definition) is 2. The van der Waals surface area contributed by atoms with Gasteiger partial charge in [-0.1, -0.05) is 22.0 Å². The number of alkyl halides is 1. The van der Waals surface area contributed by atoms with Crippen LogP contribution in [0.2, 0.25) is 0 Å². The van der Waals surface area contributed by atoms with Crippen LogP contribution >= 0.6 is 15.9 Å². The van der Waals surface area contributed by atoms with Crippen molar-refractivity contribution in [3.05, 3.63) is 29.8 Å². The number of benzene rings is 1. The van der Waals surface area contributed by atoms with Crippen LogP contribution in [-0.4, -0.2) is 23.2 Å². The van der Waals surface area contributed by atoms with Crippen LogP contribution in [0.25, 0.3) is 0 Å². The molecule has 0 spiro atoms. The summed E-state index contributed by atoms with van der Waals surface area (Å²) in [5.41, 5.74) is 1.24. The van der Waals surface area contributed by atoms with Crippen LogP contribution in [0.5, 0.6) is 0 Å². The first-order valence-electron chi connectivity index (χ1n) is 5.96. The monoisotopic (exact) mass is 310 g/mol. The molecule has 0 unspecified atom stereocenters. The predicted molar refractivity (Wildman–Crippen MR) is 74.0 cm³/mol. The molecule has 0 radical (unpaired) electrons. The number of nitrogens with one attached hydrogen (secondary N) is 2. The summed E-state index contributed by atoms with van der Waals surface area (Å²) in [4.78, 5) is 23.3. The molecule has 1 aliphatic carbocycles. The molecule has 1 aliphatic rings. The largest absolute Gasteiger partial charge is 0.349 e. The van der Waals surface area contributed by atoms with Gasteiger partial charge in [-0.3, -0.25) is 9.59 Å². The zero-order chi connectivity index (χ0) is 13.0. The van der Waals surface area contributed by atoms with Crippen molar-refractivity contribution in [2.75, 3.05) is 10.6 Å². The number of anilines is 1. The van der Waals surface area contributed by atoms with E-state index >= 15 is 0 Å². The van der Waals surface area contributed by atoms with E-state index < -0.39 is 0 Å². The standard InChI is InChI=1S/C13H15BrN2O2/c14-7-6-12(17)15-11-3-1-2-9(8-11)13(18)16-10-4-5-10/h1-3,8,10H,4-7H2,(H,15,17)(H,16,18). The maximum atomic E-state index is 11.8. The van der Waals surface area contributed by atoms with Crippen LogP contribution in [-0.2, 0) is 4.79 Å². The molecule has 1 aromatic carbocycles. The average molecular weight is 311 g/mol. The molecular weight excluding hydrogens is 296 g/mol. The van der Waals surface area contributed by atoms with Gasteiger partial charge in [-0.25, -0.2) is 0 Å². The van der Waals surface area contributed by atoms with E-state index in [1.165, 1.54) is 0 Å². The van der Waals surface area contributed by atoms with Crippen molar-refractivity contribution < 1.29 is 9.59 Å². The molecule has 0 aromatic heterocycles. The third kappa shape index (κ3) is 3.84. The Hall–Kier alpha value is -1.36. The molecule has 0 saturated heterocycles. The summed E-state index contributed by atoms with van der Waals surface area (Å²) in [5, 5.41) is 6.30. The highest BCUT2D eigenvalue weighted by Crippen LogP contribution is 2.20. The Morgan fingerprint density at radius 3 is 2.78 bits per heavy atom. The fourth-order valence-electron chi connectivity index (χ4n) is 1.54. The van der Waals surface area contributed by atoms with Gasteiger partial charge in [0.05, 0.1) is 0 Å². The number of halogens is 1. The van der Waals surface area contributed by atoms with E-state index in [9.17, 15) is 9.59 Å². The number of hydrogen-bond donors (Lipinski definition) is 2. The Bertz CT molecular complexity index is 458. The lowest BCUT2D eigenvalue weighted by Gasteiger charge is -2.07. The molecule has 96 valence electrons. The van der Waals surface area contributed by atoms with E-state index in [1.54, 1.807) is 24.3 Å². The molecule has 0 atom stereocenters. The third-order valence-electron chi connectivity index (χ3n) is 2.64. The molecule has 2 N–H and O–H groups in total. The first kappa shape index (κ1) is 13.1. The Morgan fingerprint density at radius 2 is 2.11 bits per heavy atom. The minimum absolute atomic E-state index is 0.0633. The summed E-state index contributed by atoms with van der Waals surface area (Å²) in [6, 6.07) is 7.33. The van der Waals surface area contributed by atoms with Gasteiger partial charge in [0.1, 0.15) is 0 Å². The molecule has 4 nitrogen and oxygen atoms in total. The van der Waals surface area contributed by atoms with Gasteiger partial charge in [0.25, 0.3) is 5.91 Å². The van der Waals surface area contributed by atoms with E-state index in [0.29, 0.717) is 29.0 Å². The normalized spacial score (nSPS) is 14.1. The van der Waals surface area contributed by atoms with Crippen LogP contribution < -0.4 is 10.6 Å². The molecule has 2 rings (SSSR count). The van der Waals surface area contributed by atoms with Gasteiger partial charge in [-0.2, -0.15) is 0 Å². The SMILES string of the molecule is O=C(CCBr)Nc1cccc(C(=O)NC2CC2)c1. The Kier molecular flexibility index (Phi) is 4.36. The number of amides is 2. The van der Waals surface area contributed by atoms with Gasteiger partial charge in [0.15, 0.2) is 0 Å². The summed E-state index contributed by atoms with van der Waals surface area (Å²) in [7, 11) is 0. The summed E-state index contributed by atoms with van der Waals surface area (Å²) in [6.45, 7) is 0. The maximum absolute atomic E-state index is 11.8. The van der Waals surface area contributed by atoms with Gasteiger partial charge >= 0.3 is 0 Å². The quantitative estimate of drug-likeness (QED) is 0.820. The van der Waals surface area contributed by atoms with Gasteiger partial charge in [-0.05, 0) is 31.0 Å². The second kappa shape index (κ2) is 6.00. The van der Waals surface area contributed by atoms with E-state index in [-0.39, 0.29) is 11.8 Å². The molecule has 0 aliphatic heterocycles. The van der Waals surface area contributed by atoms with Gasteiger partial charge in [0, 0.05) is 29.0 Å². The number of carbonyl (C=O) groups excluding carboxylic acids is 2.